The normalized spacial score (nSPS) is 26.8. The lowest BCUT2D eigenvalue weighted by atomic mass is 9.84. The van der Waals surface area contributed by atoms with Crippen LogP contribution in [-0.4, -0.2) is 41.5 Å². The van der Waals surface area contributed by atoms with Crippen molar-refractivity contribution in [3.05, 3.63) is 48.2 Å². The molecule has 0 aliphatic carbocycles. The van der Waals surface area contributed by atoms with E-state index in [1.54, 1.807) is 0 Å². The van der Waals surface area contributed by atoms with Crippen molar-refractivity contribution in [2.75, 3.05) is 19.6 Å². The molecule has 0 unspecified atom stereocenters. The molecule has 2 aromatic rings. The fourth-order valence-electron chi connectivity index (χ4n) is 3.69. The van der Waals surface area contributed by atoms with E-state index in [1.165, 1.54) is 25.9 Å². The van der Waals surface area contributed by atoms with E-state index in [4.69, 9.17) is 0 Å². The third kappa shape index (κ3) is 2.55. The molecule has 4 nitrogen and oxygen atoms in total. The van der Waals surface area contributed by atoms with Gasteiger partial charge in [-0.1, -0.05) is 30.3 Å². The summed E-state index contributed by atoms with van der Waals surface area (Å²) in [6, 6.07) is 14.2. The number of aromatic nitrogens is 1. The van der Waals surface area contributed by atoms with E-state index in [9.17, 15) is 4.79 Å². The molecule has 0 saturated carbocycles. The number of nitrogens with zero attached hydrogens (tertiary/aromatic N) is 1. The second kappa shape index (κ2) is 5.61. The van der Waals surface area contributed by atoms with Crippen LogP contribution in [0.5, 0.6) is 0 Å². The zero-order valence-electron chi connectivity index (χ0n) is 12.6. The largest absolute Gasteiger partial charge is 0.351 e. The number of rotatable bonds is 3. The minimum absolute atomic E-state index is 0.0148. The maximum atomic E-state index is 12.5. The summed E-state index contributed by atoms with van der Waals surface area (Å²) in [6.45, 7) is 3.39. The summed E-state index contributed by atoms with van der Waals surface area (Å²) in [5, 5.41) is 3.22. The van der Waals surface area contributed by atoms with Gasteiger partial charge in [-0.2, -0.15) is 0 Å². The molecule has 3 saturated heterocycles. The molecule has 1 amide bonds. The minimum atomic E-state index is 0.0148. The van der Waals surface area contributed by atoms with Crippen LogP contribution in [0.25, 0.3) is 11.3 Å². The molecule has 0 spiro atoms. The number of aromatic amines is 1. The van der Waals surface area contributed by atoms with Gasteiger partial charge in [0, 0.05) is 18.3 Å². The van der Waals surface area contributed by atoms with Gasteiger partial charge < -0.3 is 15.2 Å². The lowest BCUT2D eigenvalue weighted by Gasteiger charge is -2.44. The molecule has 3 fully saturated rings. The SMILES string of the molecule is O=C(N[C@H]1CN2CCC1CC2)c1ccc(-c2ccccc2)[nH]1. The van der Waals surface area contributed by atoms with Crippen molar-refractivity contribution in [3.8, 4) is 11.3 Å². The predicted molar refractivity (Wildman–Crippen MR) is 86.6 cm³/mol. The average molecular weight is 295 g/mol. The maximum Gasteiger partial charge on any atom is 0.267 e. The zero-order valence-corrected chi connectivity index (χ0v) is 12.6. The lowest BCUT2D eigenvalue weighted by Crippen LogP contribution is -2.57. The highest BCUT2D eigenvalue weighted by Crippen LogP contribution is 2.27. The van der Waals surface area contributed by atoms with E-state index < -0.39 is 0 Å². The second-order valence-electron chi connectivity index (χ2n) is 6.37. The number of carbonyl (C=O) groups excluding carboxylic acids is 1. The number of amides is 1. The molecule has 22 heavy (non-hydrogen) atoms. The number of hydrogen-bond acceptors (Lipinski definition) is 2. The first-order valence-corrected chi connectivity index (χ1v) is 8.07. The van der Waals surface area contributed by atoms with Crippen LogP contribution in [-0.2, 0) is 0 Å². The molecule has 1 atom stereocenters. The Morgan fingerprint density at radius 1 is 1.09 bits per heavy atom. The Kier molecular flexibility index (Phi) is 3.47. The molecular weight excluding hydrogens is 274 g/mol. The summed E-state index contributed by atoms with van der Waals surface area (Å²) in [6.07, 6.45) is 2.43. The minimum Gasteiger partial charge on any atom is -0.351 e. The van der Waals surface area contributed by atoms with Crippen LogP contribution >= 0.6 is 0 Å². The Morgan fingerprint density at radius 3 is 2.55 bits per heavy atom. The fourth-order valence-corrected chi connectivity index (χ4v) is 3.69. The van der Waals surface area contributed by atoms with Crippen molar-refractivity contribution >= 4 is 5.91 Å². The summed E-state index contributed by atoms with van der Waals surface area (Å²) < 4.78 is 0. The quantitative estimate of drug-likeness (QED) is 0.914. The molecule has 114 valence electrons. The molecule has 3 aliphatic heterocycles. The van der Waals surface area contributed by atoms with Crippen LogP contribution in [0, 0.1) is 5.92 Å². The third-order valence-electron chi connectivity index (χ3n) is 4.99. The number of nitrogens with one attached hydrogen (secondary N) is 2. The first-order valence-electron chi connectivity index (χ1n) is 8.07. The number of hydrogen-bond donors (Lipinski definition) is 2. The highest BCUT2D eigenvalue weighted by Gasteiger charge is 2.35. The molecule has 4 heterocycles. The van der Waals surface area contributed by atoms with Gasteiger partial charge in [0.05, 0.1) is 0 Å². The average Bonchev–Trinajstić information content (AvgIpc) is 3.07. The van der Waals surface area contributed by atoms with E-state index in [-0.39, 0.29) is 5.91 Å². The van der Waals surface area contributed by atoms with Crippen molar-refractivity contribution in [2.24, 2.45) is 5.92 Å². The first-order chi connectivity index (χ1) is 10.8. The highest BCUT2D eigenvalue weighted by atomic mass is 16.2. The van der Waals surface area contributed by atoms with E-state index in [2.05, 4.69) is 15.2 Å². The van der Waals surface area contributed by atoms with Gasteiger partial charge in [0.25, 0.3) is 5.91 Å². The van der Waals surface area contributed by atoms with E-state index in [1.807, 2.05) is 42.5 Å². The summed E-state index contributed by atoms with van der Waals surface area (Å²) in [5.74, 6) is 0.665. The van der Waals surface area contributed by atoms with Crippen molar-refractivity contribution < 1.29 is 4.79 Å². The van der Waals surface area contributed by atoms with Gasteiger partial charge in [0.1, 0.15) is 5.69 Å². The monoisotopic (exact) mass is 295 g/mol. The van der Waals surface area contributed by atoms with Crippen LogP contribution in [0.1, 0.15) is 23.3 Å². The molecule has 3 aliphatic rings. The predicted octanol–water partition coefficient (Wildman–Crippen LogP) is 2.51. The zero-order chi connectivity index (χ0) is 14.9. The molecule has 2 bridgehead atoms. The Bertz CT molecular complexity index is 656. The van der Waals surface area contributed by atoms with Gasteiger partial charge in [-0.15, -0.1) is 0 Å². The fraction of sp³-hybridized carbons (Fsp3) is 0.389. The van der Waals surface area contributed by atoms with Crippen LogP contribution < -0.4 is 5.32 Å². The van der Waals surface area contributed by atoms with E-state index in [0.717, 1.165) is 17.8 Å². The lowest BCUT2D eigenvalue weighted by molar-refractivity contribution is 0.0618. The van der Waals surface area contributed by atoms with Gasteiger partial charge in [-0.05, 0) is 49.5 Å². The molecular formula is C18H21N3O. The smallest absolute Gasteiger partial charge is 0.267 e. The Hall–Kier alpha value is -2.07. The highest BCUT2D eigenvalue weighted by molar-refractivity contribution is 5.93. The van der Waals surface area contributed by atoms with Crippen LogP contribution in [0.4, 0.5) is 0 Å². The third-order valence-corrected chi connectivity index (χ3v) is 4.99. The van der Waals surface area contributed by atoms with E-state index in [0.29, 0.717) is 17.7 Å². The Morgan fingerprint density at radius 2 is 1.86 bits per heavy atom. The van der Waals surface area contributed by atoms with Crippen LogP contribution in [0.15, 0.2) is 42.5 Å². The van der Waals surface area contributed by atoms with Gasteiger partial charge >= 0.3 is 0 Å². The summed E-state index contributed by atoms with van der Waals surface area (Å²) in [5.41, 5.74) is 2.74. The number of carbonyl (C=O) groups is 1. The Labute approximate surface area is 130 Å². The molecule has 2 N–H and O–H groups in total. The number of benzene rings is 1. The van der Waals surface area contributed by atoms with Crippen molar-refractivity contribution in [1.29, 1.82) is 0 Å². The standard InChI is InChI=1S/C18H21N3O/c22-18(20-17-12-21-10-8-14(17)9-11-21)16-7-6-15(19-16)13-4-2-1-3-5-13/h1-7,14,17,19H,8-12H2,(H,20,22)/t17-/m0/s1. The summed E-state index contributed by atoms with van der Waals surface area (Å²) >= 11 is 0. The second-order valence-corrected chi connectivity index (χ2v) is 6.37. The molecule has 0 radical (unpaired) electrons. The molecule has 1 aromatic heterocycles. The topological polar surface area (TPSA) is 48.1 Å². The van der Waals surface area contributed by atoms with Gasteiger partial charge in [-0.25, -0.2) is 0 Å². The molecule has 1 aromatic carbocycles. The van der Waals surface area contributed by atoms with Crippen LogP contribution in [0.2, 0.25) is 0 Å². The summed E-state index contributed by atoms with van der Waals surface area (Å²) in [4.78, 5) is 18.2. The molecule has 5 rings (SSSR count). The number of piperidine rings is 3. The van der Waals surface area contributed by atoms with Gasteiger partial charge in [0.2, 0.25) is 0 Å². The number of H-pyrrole nitrogens is 1. The van der Waals surface area contributed by atoms with Gasteiger partial charge in [0.15, 0.2) is 0 Å². The summed E-state index contributed by atoms with van der Waals surface area (Å²) in [7, 11) is 0. The van der Waals surface area contributed by atoms with Crippen molar-refractivity contribution in [1.82, 2.24) is 15.2 Å². The Balaban J connectivity index is 1.46. The van der Waals surface area contributed by atoms with E-state index >= 15 is 0 Å². The first kappa shape index (κ1) is 13.6. The van der Waals surface area contributed by atoms with Crippen molar-refractivity contribution in [3.63, 3.8) is 0 Å². The van der Waals surface area contributed by atoms with Crippen LogP contribution in [0.3, 0.4) is 0 Å². The van der Waals surface area contributed by atoms with Crippen molar-refractivity contribution in [2.45, 2.75) is 18.9 Å². The number of fused-ring (bicyclic) bond motifs is 3. The molecule has 4 heteroatoms. The van der Waals surface area contributed by atoms with Gasteiger partial charge in [-0.3, -0.25) is 4.79 Å². The maximum absolute atomic E-state index is 12.5.